The van der Waals surface area contributed by atoms with Crippen LogP contribution in [-0.2, 0) is 19.1 Å². The van der Waals surface area contributed by atoms with Crippen molar-refractivity contribution in [1.29, 1.82) is 0 Å². The number of imide groups is 1. The number of halogens is 1. The molecule has 0 spiro atoms. The van der Waals surface area contributed by atoms with Gasteiger partial charge >= 0.3 is 5.97 Å². The molecule has 0 aromatic heterocycles. The van der Waals surface area contributed by atoms with Crippen molar-refractivity contribution in [2.45, 2.75) is 0 Å². The highest BCUT2D eigenvalue weighted by Gasteiger charge is 2.36. The van der Waals surface area contributed by atoms with Gasteiger partial charge in [0.05, 0.1) is 19.1 Å². The van der Waals surface area contributed by atoms with E-state index in [4.69, 9.17) is 9.47 Å². The third-order valence-electron chi connectivity index (χ3n) is 4.34. The fourth-order valence-corrected chi connectivity index (χ4v) is 3.63. The second-order valence-corrected chi connectivity index (χ2v) is 7.59. The number of methoxy groups -OCH3 is 2. The van der Waals surface area contributed by atoms with Crippen LogP contribution in [0.25, 0.3) is 6.08 Å². The van der Waals surface area contributed by atoms with Gasteiger partial charge < -0.3 is 19.5 Å². The van der Waals surface area contributed by atoms with Gasteiger partial charge in [-0.3, -0.25) is 19.3 Å². The minimum atomic E-state index is -0.641. The Hall–Kier alpha value is -3.86. The molecule has 0 saturated carbocycles. The van der Waals surface area contributed by atoms with Gasteiger partial charge in [0.1, 0.15) is 12.4 Å². The van der Waals surface area contributed by atoms with Crippen molar-refractivity contribution in [3.8, 4) is 11.5 Å². The number of nitrogens with one attached hydrogen (secondary N) is 1. The number of hydrogen-bond acceptors (Lipinski definition) is 8. The molecule has 11 heteroatoms. The zero-order valence-electron chi connectivity index (χ0n) is 17.6. The van der Waals surface area contributed by atoms with E-state index >= 15 is 0 Å². The molecule has 1 saturated heterocycles. The van der Waals surface area contributed by atoms with Crippen LogP contribution in [0, 0.1) is 5.82 Å². The van der Waals surface area contributed by atoms with E-state index in [9.17, 15) is 23.6 Å². The molecule has 9 nitrogen and oxygen atoms in total. The lowest BCUT2D eigenvalue weighted by molar-refractivity contribution is -0.143. The zero-order valence-corrected chi connectivity index (χ0v) is 18.4. The molecule has 1 N–H and O–H groups in total. The highest BCUT2D eigenvalue weighted by Crippen LogP contribution is 2.34. The van der Waals surface area contributed by atoms with Crippen molar-refractivity contribution >= 4 is 46.5 Å². The summed E-state index contributed by atoms with van der Waals surface area (Å²) >= 11 is 0.687. The third-order valence-corrected chi connectivity index (χ3v) is 5.25. The molecular weight excluding hydrogens is 455 g/mol. The quantitative estimate of drug-likeness (QED) is 0.459. The fourth-order valence-electron chi connectivity index (χ4n) is 2.79. The number of carbonyl (C=O) groups is 4. The number of nitrogens with zero attached hydrogens (tertiary/aromatic N) is 1. The highest BCUT2D eigenvalue weighted by molar-refractivity contribution is 8.18. The van der Waals surface area contributed by atoms with E-state index in [2.05, 4.69) is 10.1 Å². The van der Waals surface area contributed by atoms with Crippen LogP contribution in [0.4, 0.5) is 14.9 Å². The number of thioether (sulfide) groups is 1. The van der Waals surface area contributed by atoms with Crippen molar-refractivity contribution in [3.05, 3.63) is 58.8 Å². The maximum absolute atomic E-state index is 13.3. The Bertz CT molecular complexity index is 1140. The topological polar surface area (TPSA) is 111 Å². The average Bonchev–Trinajstić information content (AvgIpc) is 3.05. The summed E-state index contributed by atoms with van der Waals surface area (Å²) in [4.78, 5) is 49.3. The molecule has 0 unspecified atom stereocenters. The van der Waals surface area contributed by atoms with E-state index in [0.717, 1.165) is 11.0 Å². The van der Waals surface area contributed by atoms with Gasteiger partial charge in [0.25, 0.3) is 11.1 Å². The first-order valence-electron chi connectivity index (χ1n) is 9.49. The van der Waals surface area contributed by atoms with Crippen LogP contribution in [0.1, 0.15) is 5.56 Å². The Labute approximate surface area is 192 Å². The molecule has 0 radical (unpaired) electrons. The van der Waals surface area contributed by atoms with Crippen LogP contribution >= 0.6 is 11.8 Å². The maximum atomic E-state index is 13.3. The Morgan fingerprint density at radius 2 is 1.91 bits per heavy atom. The van der Waals surface area contributed by atoms with Crippen LogP contribution in [0.5, 0.6) is 11.5 Å². The minimum absolute atomic E-state index is 0.115. The molecular formula is C22H19FN2O7S. The van der Waals surface area contributed by atoms with Gasteiger partial charge in [-0.2, -0.15) is 0 Å². The van der Waals surface area contributed by atoms with E-state index in [1.807, 2.05) is 0 Å². The predicted molar refractivity (Wildman–Crippen MR) is 118 cm³/mol. The summed E-state index contributed by atoms with van der Waals surface area (Å²) in [6, 6.07) is 9.98. The summed E-state index contributed by atoms with van der Waals surface area (Å²) in [7, 11) is 2.65. The highest BCUT2D eigenvalue weighted by atomic mass is 32.2. The molecule has 1 aliphatic heterocycles. The fraction of sp³-hybridized carbons (Fsp3) is 0.182. The van der Waals surface area contributed by atoms with E-state index in [1.165, 1.54) is 38.5 Å². The Morgan fingerprint density at radius 1 is 1.12 bits per heavy atom. The van der Waals surface area contributed by atoms with Crippen molar-refractivity contribution in [2.75, 3.05) is 32.7 Å². The van der Waals surface area contributed by atoms with Crippen LogP contribution in [0.15, 0.2) is 47.4 Å². The van der Waals surface area contributed by atoms with Crippen LogP contribution in [0.3, 0.4) is 0 Å². The second kappa shape index (κ2) is 10.6. The lowest BCUT2D eigenvalue weighted by atomic mass is 10.2. The molecule has 0 bridgehead atoms. The number of esters is 1. The monoisotopic (exact) mass is 474 g/mol. The number of anilines is 1. The van der Waals surface area contributed by atoms with Crippen molar-refractivity contribution in [2.24, 2.45) is 0 Å². The minimum Gasteiger partial charge on any atom is -0.493 e. The molecule has 2 aromatic carbocycles. The first-order chi connectivity index (χ1) is 15.8. The summed E-state index contributed by atoms with van der Waals surface area (Å²) in [5, 5.41) is 1.84. The normalized spacial score (nSPS) is 14.4. The largest absolute Gasteiger partial charge is 0.493 e. The van der Waals surface area contributed by atoms with E-state index in [0.29, 0.717) is 28.8 Å². The van der Waals surface area contributed by atoms with Gasteiger partial charge in [-0.05, 0) is 53.7 Å². The number of benzene rings is 2. The van der Waals surface area contributed by atoms with E-state index in [1.54, 1.807) is 18.2 Å². The zero-order chi connectivity index (χ0) is 24.0. The first kappa shape index (κ1) is 23.8. The average molecular weight is 474 g/mol. The van der Waals surface area contributed by atoms with Crippen molar-refractivity contribution in [1.82, 2.24) is 4.90 Å². The summed E-state index contributed by atoms with van der Waals surface area (Å²) in [5.41, 5.74) is 0.746. The molecule has 2 aromatic rings. The molecule has 0 atom stereocenters. The summed E-state index contributed by atoms with van der Waals surface area (Å²) in [5.74, 6) is -1.76. The molecule has 0 aliphatic carbocycles. The maximum Gasteiger partial charge on any atom is 0.343 e. The SMILES string of the molecule is COC(=O)COc1ccc(/C=C2/SC(=O)N(CC(=O)Nc3cccc(F)c3)C2=O)cc1OC. The Morgan fingerprint density at radius 3 is 2.61 bits per heavy atom. The molecule has 3 rings (SSSR count). The third kappa shape index (κ3) is 6.10. The summed E-state index contributed by atoms with van der Waals surface area (Å²) < 4.78 is 28.4. The second-order valence-electron chi connectivity index (χ2n) is 6.60. The number of carbonyl (C=O) groups excluding carboxylic acids is 4. The molecule has 1 aliphatic rings. The number of ether oxygens (including phenoxy) is 3. The van der Waals surface area contributed by atoms with Gasteiger partial charge in [0.2, 0.25) is 5.91 Å². The van der Waals surface area contributed by atoms with E-state index in [-0.39, 0.29) is 17.2 Å². The van der Waals surface area contributed by atoms with Gasteiger partial charge in [-0.1, -0.05) is 12.1 Å². The molecule has 1 heterocycles. The lowest BCUT2D eigenvalue weighted by Crippen LogP contribution is -2.36. The van der Waals surface area contributed by atoms with Gasteiger partial charge in [-0.15, -0.1) is 0 Å². The molecule has 3 amide bonds. The predicted octanol–water partition coefficient (Wildman–Crippen LogP) is 3.06. The summed E-state index contributed by atoms with van der Waals surface area (Å²) in [6.45, 7) is -0.815. The standard InChI is InChI=1S/C22H19FN2O7S/c1-30-17-8-13(6-7-16(17)32-12-20(27)31-2)9-18-21(28)25(22(29)33-18)11-19(26)24-15-5-3-4-14(23)10-15/h3-10H,11-12H2,1-2H3,(H,24,26)/b18-9+. The number of hydrogen-bond donors (Lipinski definition) is 1. The van der Waals surface area contributed by atoms with E-state index < -0.39 is 35.4 Å². The smallest absolute Gasteiger partial charge is 0.343 e. The number of amides is 3. The van der Waals surface area contributed by atoms with Crippen LogP contribution < -0.4 is 14.8 Å². The lowest BCUT2D eigenvalue weighted by Gasteiger charge is -2.12. The van der Waals surface area contributed by atoms with Crippen LogP contribution in [-0.4, -0.2) is 55.3 Å². The van der Waals surface area contributed by atoms with Gasteiger partial charge in [0, 0.05) is 5.69 Å². The Kier molecular flexibility index (Phi) is 7.67. The molecule has 33 heavy (non-hydrogen) atoms. The van der Waals surface area contributed by atoms with Gasteiger partial charge in [0.15, 0.2) is 18.1 Å². The Balaban J connectivity index is 1.69. The number of rotatable bonds is 8. The molecule has 1 fully saturated rings. The van der Waals surface area contributed by atoms with Crippen LogP contribution in [0.2, 0.25) is 0 Å². The van der Waals surface area contributed by atoms with Gasteiger partial charge in [-0.25, -0.2) is 9.18 Å². The van der Waals surface area contributed by atoms with Crippen molar-refractivity contribution in [3.63, 3.8) is 0 Å². The summed E-state index contributed by atoms with van der Waals surface area (Å²) in [6.07, 6.45) is 1.47. The molecule has 172 valence electrons. The first-order valence-corrected chi connectivity index (χ1v) is 10.3. The van der Waals surface area contributed by atoms with Crippen molar-refractivity contribution < 1.29 is 37.8 Å².